The average molecular weight is 368 g/mol. The first-order valence-corrected chi connectivity index (χ1v) is 5.94. The Morgan fingerprint density at radius 2 is 1.17 bits per heavy atom. The van der Waals surface area contributed by atoms with E-state index in [0.29, 0.717) is 0 Å². The summed E-state index contributed by atoms with van der Waals surface area (Å²) in [6.07, 6.45) is -26.6. The topological polar surface area (TPSA) is 0 Å². The van der Waals surface area contributed by atoms with Gasteiger partial charge in [0.2, 0.25) is 11.6 Å². The Labute approximate surface area is 121 Å². The fraction of sp³-hybridized carbons (Fsp3) is 0.818. The Bertz CT molecular complexity index is 394. The quantitative estimate of drug-likeness (QED) is 0.553. The lowest BCUT2D eigenvalue weighted by Gasteiger charge is -2.44. The van der Waals surface area contributed by atoms with Crippen molar-refractivity contribution in [3.05, 3.63) is 12.6 Å². The van der Waals surface area contributed by atoms with Crippen LogP contribution in [0.1, 0.15) is 19.3 Å². The number of alkyl halides is 11. The van der Waals surface area contributed by atoms with E-state index in [-0.39, 0.29) is 0 Å². The molecule has 0 aliphatic heterocycles. The molecule has 2 radical (unpaired) electrons. The van der Waals surface area contributed by atoms with Gasteiger partial charge in [0.1, 0.15) is 0 Å². The second kappa shape index (κ2) is 5.61. The lowest BCUT2D eigenvalue weighted by atomic mass is 9.67. The van der Waals surface area contributed by atoms with Gasteiger partial charge in [-0.2, -0.15) is 48.3 Å². The predicted octanol–water partition coefficient (Wildman–Crippen LogP) is 5.80. The summed E-state index contributed by atoms with van der Waals surface area (Å²) in [6, 6.07) is 0. The molecule has 23 heavy (non-hydrogen) atoms. The molecule has 0 aromatic heterocycles. The molecule has 0 heterocycles. The average Bonchev–Trinajstić information content (AvgIpc) is 2.77. The molecule has 0 N–H and O–H groups in total. The second-order valence-corrected chi connectivity index (χ2v) is 4.99. The minimum Gasteiger partial charge on any atom is -0.231 e. The fourth-order valence-corrected chi connectivity index (χ4v) is 2.57. The van der Waals surface area contributed by atoms with Crippen LogP contribution in [-0.2, 0) is 0 Å². The molecule has 1 aliphatic carbocycles. The van der Waals surface area contributed by atoms with Crippen molar-refractivity contribution in [3.63, 3.8) is 0 Å². The van der Waals surface area contributed by atoms with Crippen molar-refractivity contribution in [1.82, 2.24) is 0 Å². The normalized spacial score (nSPS) is 19.7. The molecule has 1 atom stereocenters. The zero-order valence-electron chi connectivity index (χ0n) is 10.8. The summed E-state index contributed by atoms with van der Waals surface area (Å²) in [4.78, 5) is 0. The molecule has 12 heteroatoms. The Balaban J connectivity index is 3.63. The highest BCUT2D eigenvalue weighted by Gasteiger charge is 2.85. The first-order valence-electron chi connectivity index (χ1n) is 5.94. The lowest BCUT2D eigenvalue weighted by Crippen LogP contribution is -2.63. The highest BCUT2D eigenvalue weighted by molar-refractivity contribution is 5.20. The predicted molar refractivity (Wildman–Crippen MR) is 51.5 cm³/mol. The third kappa shape index (κ3) is 2.97. The Morgan fingerprint density at radius 1 is 0.739 bits per heavy atom. The van der Waals surface area contributed by atoms with Crippen molar-refractivity contribution in [3.8, 4) is 0 Å². The van der Waals surface area contributed by atoms with E-state index in [4.69, 9.17) is 0 Å². The smallest absolute Gasteiger partial charge is 0.231 e. The summed E-state index contributed by atoms with van der Waals surface area (Å²) >= 11 is 0. The van der Waals surface area contributed by atoms with E-state index in [2.05, 4.69) is 0 Å². The summed E-state index contributed by atoms with van der Waals surface area (Å²) in [6.45, 7) is 0. The van der Waals surface area contributed by atoms with Gasteiger partial charge in [-0.3, -0.25) is 0 Å². The molecule has 0 aromatic rings. The van der Waals surface area contributed by atoms with Crippen molar-refractivity contribution >= 4 is 0 Å². The van der Waals surface area contributed by atoms with Gasteiger partial charge in [-0.15, -0.1) is 0 Å². The van der Waals surface area contributed by atoms with E-state index in [0.717, 1.165) is 6.42 Å². The molecule has 0 bridgehead atoms. The van der Waals surface area contributed by atoms with Crippen LogP contribution in [0, 0.1) is 23.9 Å². The lowest BCUT2D eigenvalue weighted by molar-refractivity contribution is -0.386. The van der Waals surface area contributed by atoms with E-state index in [9.17, 15) is 52.7 Å². The number of hydrogen-bond donors (Lipinski definition) is 0. The van der Waals surface area contributed by atoms with E-state index in [1.165, 1.54) is 0 Å². The van der Waals surface area contributed by atoms with Gasteiger partial charge in [-0.1, -0.05) is 0 Å². The van der Waals surface area contributed by atoms with Gasteiger partial charge in [-0.25, -0.2) is 4.39 Å². The molecule has 0 aromatic carbocycles. The maximum absolute atomic E-state index is 13.6. The second-order valence-electron chi connectivity index (χ2n) is 4.99. The highest BCUT2D eigenvalue weighted by atomic mass is 19.4. The first-order chi connectivity index (χ1) is 10.0. The number of rotatable bonds is 3. The van der Waals surface area contributed by atoms with Gasteiger partial charge in [0.15, 0.2) is 0 Å². The fourth-order valence-electron chi connectivity index (χ4n) is 2.57. The minimum absolute atomic E-state index is 0.399. The molecule has 0 saturated heterocycles. The maximum atomic E-state index is 13.6. The number of halogens is 12. The summed E-state index contributed by atoms with van der Waals surface area (Å²) < 4.78 is 154. The molecule has 1 unspecified atom stereocenters. The van der Waals surface area contributed by atoms with Crippen molar-refractivity contribution in [2.75, 3.05) is 0 Å². The summed E-state index contributed by atoms with van der Waals surface area (Å²) in [5, 5.41) is 0. The van der Waals surface area contributed by atoms with Crippen LogP contribution < -0.4 is 0 Å². The molecule has 1 rings (SSSR count). The molecular formula is C11H8F12. The van der Waals surface area contributed by atoms with E-state index >= 15 is 0 Å². The van der Waals surface area contributed by atoms with Gasteiger partial charge >= 0.3 is 24.5 Å². The van der Waals surface area contributed by atoms with Crippen molar-refractivity contribution in [2.24, 2.45) is 11.3 Å². The van der Waals surface area contributed by atoms with E-state index in [1.54, 1.807) is 0 Å². The van der Waals surface area contributed by atoms with E-state index in [1.807, 2.05) is 0 Å². The van der Waals surface area contributed by atoms with Gasteiger partial charge < -0.3 is 0 Å². The molecule has 136 valence electrons. The summed E-state index contributed by atoms with van der Waals surface area (Å²) in [5.74, 6) is -9.74. The van der Waals surface area contributed by atoms with Gasteiger partial charge in [0.25, 0.3) is 0 Å². The van der Waals surface area contributed by atoms with Gasteiger partial charge in [-0.05, 0) is 31.6 Å². The Kier molecular flexibility index (Phi) is 4.93. The van der Waals surface area contributed by atoms with Crippen LogP contribution in [0.3, 0.4) is 0 Å². The Hall–Kier alpha value is -0.840. The first kappa shape index (κ1) is 20.2. The van der Waals surface area contributed by atoms with Crippen LogP contribution in [0.4, 0.5) is 52.7 Å². The van der Waals surface area contributed by atoms with Crippen LogP contribution in [0.15, 0.2) is 0 Å². The Morgan fingerprint density at radius 3 is 1.43 bits per heavy atom. The molecule has 0 nitrogen and oxygen atoms in total. The molecule has 0 spiro atoms. The van der Waals surface area contributed by atoms with E-state index < -0.39 is 61.2 Å². The molecule has 0 amide bonds. The van der Waals surface area contributed by atoms with Crippen molar-refractivity contribution in [1.29, 1.82) is 0 Å². The van der Waals surface area contributed by atoms with Crippen molar-refractivity contribution < 1.29 is 52.7 Å². The minimum atomic E-state index is -6.94. The SMILES string of the molecule is F[C](C(F)(F)C(F)(F)F)C(C1C[CH]CC1)(C(F)(F)F)C(F)(F)F. The monoisotopic (exact) mass is 368 g/mol. The van der Waals surface area contributed by atoms with Gasteiger partial charge in [0.05, 0.1) is 0 Å². The van der Waals surface area contributed by atoms with Gasteiger partial charge in [0, 0.05) is 0 Å². The summed E-state index contributed by atoms with van der Waals surface area (Å²) in [7, 11) is 0. The standard InChI is InChI=1S/C11H8F12/c12-6(8(13,14)11(21,22)23)7(9(15,16)17,10(18,19)20)5-3-1-2-4-5/h1,5H,2-4H2. The largest absolute Gasteiger partial charge is 0.456 e. The zero-order valence-corrected chi connectivity index (χ0v) is 10.8. The third-order valence-electron chi connectivity index (χ3n) is 3.65. The molecule has 1 aliphatic rings. The van der Waals surface area contributed by atoms with Crippen LogP contribution in [0.2, 0.25) is 0 Å². The maximum Gasteiger partial charge on any atom is 0.456 e. The van der Waals surface area contributed by atoms with Crippen LogP contribution >= 0.6 is 0 Å². The van der Waals surface area contributed by atoms with Crippen LogP contribution in [0.5, 0.6) is 0 Å². The molecule has 1 fully saturated rings. The molecule has 1 saturated carbocycles. The van der Waals surface area contributed by atoms with Crippen LogP contribution in [0.25, 0.3) is 0 Å². The highest BCUT2D eigenvalue weighted by Crippen LogP contribution is 2.68. The zero-order chi connectivity index (χ0) is 18.5. The third-order valence-corrected chi connectivity index (χ3v) is 3.65. The molecular weight excluding hydrogens is 360 g/mol. The number of hydrogen-bond acceptors (Lipinski definition) is 0. The summed E-state index contributed by atoms with van der Waals surface area (Å²) in [5.41, 5.74) is -5.90. The van der Waals surface area contributed by atoms with Crippen LogP contribution in [-0.4, -0.2) is 24.5 Å². The van der Waals surface area contributed by atoms with Crippen molar-refractivity contribution in [2.45, 2.75) is 43.7 Å².